The molecule has 2 unspecified atom stereocenters. The summed E-state index contributed by atoms with van der Waals surface area (Å²) in [6, 6.07) is 9.44. The van der Waals surface area contributed by atoms with E-state index in [-0.39, 0.29) is 11.8 Å². The van der Waals surface area contributed by atoms with Gasteiger partial charge in [0, 0.05) is 19.0 Å². The molecule has 20 heavy (non-hydrogen) atoms. The number of carboxylic acid groups (broad SMARTS) is 1. The van der Waals surface area contributed by atoms with Crippen molar-refractivity contribution in [1.82, 2.24) is 4.90 Å². The number of carbonyl (C=O) groups excluding carboxylic acids is 1. The minimum Gasteiger partial charge on any atom is -0.481 e. The molecule has 1 aliphatic heterocycles. The third-order valence-electron chi connectivity index (χ3n) is 4.10. The maximum Gasteiger partial charge on any atom is 0.307 e. The molecule has 2 aliphatic rings. The maximum absolute atomic E-state index is 12.5. The lowest BCUT2D eigenvalue weighted by Gasteiger charge is -2.27. The average Bonchev–Trinajstić information content (AvgIpc) is 3.24. The number of morpholine rings is 1. The first-order valence-electron chi connectivity index (χ1n) is 6.84. The Kier molecular flexibility index (Phi) is 3.44. The minimum atomic E-state index is -0.884. The molecule has 2 fully saturated rings. The average molecular weight is 275 g/mol. The maximum atomic E-state index is 12.5. The number of hydrogen-bond donors (Lipinski definition) is 1. The third kappa shape index (κ3) is 2.29. The predicted octanol–water partition coefficient (Wildman–Crippen LogP) is 0.960. The van der Waals surface area contributed by atoms with Crippen molar-refractivity contribution in [3.8, 4) is 0 Å². The fraction of sp³-hybridized carbons (Fsp3) is 0.467. The topological polar surface area (TPSA) is 66.8 Å². The Hall–Kier alpha value is -1.88. The largest absolute Gasteiger partial charge is 0.481 e. The summed E-state index contributed by atoms with van der Waals surface area (Å²) in [4.78, 5) is 25.5. The van der Waals surface area contributed by atoms with Crippen LogP contribution in [0.15, 0.2) is 30.3 Å². The molecule has 1 aliphatic carbocycles. The van der Waals surface area contributed by atoms with Crippen LogP contribution >= 0.6 is 0 Å². The zero-order valence-corrected chi connectivity index (χ0v) is 11.1. The van der Waals surface area contributed by atoms with Crippen molar-refractivity contribution in [2.24, 2.45) is 11.8 Å². The number of carbonyl (C=O) groups is 2. The lowest BCUT2D eigenvalue weighted by Crippen LogP contribution is -2.42. The molecule has 1 aromatic rings. The van der Waals surface area contributed by atoms with Gasteiger partial charge in [-0.2, -0.15) is 0 Å². The summed E-state index contributed by atoms with van der Waals surface area (Å²) >= 11 is 0. The summed E-state index contributed by atoms with van der Waals surface area (Å²) in [5.74, 6) is -2.13. The molecule has 0 spiro atoms. The molecular formula is C15H17NO4. The Morgan fingerprint density at radius 3 is 2.35 bits per heavy atom. The molecule has 5 heteroatoms. The molecule has 1 aromatic carbocycles. The summed E-state index contributed by atoms with van der Waals surface area (Å²) in [6.07, 6.45) is 0. The zero-order valence-electron chi connectivity index (χ0n) is 11.1. The Morgan fingerprint density at radius 2 is 1.75 bits per heavy atom. The lowest BCUT2D eigenvalue weighted by atomic mass is 10.1. The van der Waals surface area contributed by atoms with E-state index in [4.69, 9.17) is 4.74 Å². The van der Waals surface area contributed by atoms with Crippen molar-refractivity contribution in [2.75, 3.05) is 26.3 Å². The van der Waals surface area contributed by atoms with Crippen LogP contribution in [0.3, 0.4) is 0 Å². The van der Waals surface area contributed by atoms with Gasteiger partial charge in [0.15, 0.2) is 0 Å². The van der Waals surface area contributed by atoms with Crippen LogP contribution < -0.4 is 0 Å². The number of amides is 1. The van der Waals surface area contributed by atoms with E-state index in [2.05, 4.69) is 0 Å². The van der Waals surface area contributed by atoms with Gasteiger partial charge in [-0.15, -0.1) is 0 Å². The van der Waals surface area contributed by atoms with Gasteiger partial charge in [-0.1, -0.05) is 30.3 Å². The van der Waals surface area contributed by atoms with Crippen molar-refractivity contribution in [2.45, 2.75) is 5.92 Å². The molecule has 106 valence electrons. The molecule has 0 aromatic heterocycles. The van der Waals surface area contributed by atoms with E-state index in [1.165, 1.54) is 0 Å². The Labute approximate surface area is 117 Å². The summed E-state index contributed by atoms with van der Waals surface area (Å²) in [5.41, 5.74) is 0.937. The van der Waals surface area contributed by atoms with E-state index in [1.54, 1.807) is 4.90 Å². The number of hydrogen-bond acceptors (Lipinski definition) is 3. The molecular weight excluding hydrogens is 258 g/mol. The van der Waals surface area contributed by atoms with E-state index in [0.29, 0.717) is 26.3 Å². The fourth-order valence-electron chi connectivity index (χ4n) is 3.01. The Bertz CT molecular complexity index is 510. The number of nitrogens with zero attached hydrogens (tertiary/aromatic N) is 1. The summed E-state index contributed by atoms with van der Waals surface area (Å²) < 4.78 is 5.23. The van der Waals surface area contributed by atoms with Crippen molar-refractivity contribution in [1.29, 1.82) is 0 Å². The highest BCUT2D eigenvalue weighted by atomic mass is 16.5. The van der Waals surface area contributed by atoms with Gasteiger partial charge in [-0.25, -0.2) is 0 Å². The van der Waals surface area contributed by atoms with Crippen LogP contribution in [-0.4, -0.2) is 48.2 Å². The van der Waals surface area contributed by atoms with Gasteiger partial charge >= 0.3 is 5.97 Å². The molecule has 1 heterocycles. The summed E-state index contributed by atoms with van der Waals surface area (Å²) in [6.45, 7) is 2.19. The fourth-order valence-corrected chi connectivity index (χ4v) is 3.01. The molecule has 1 saturated heterocycles. The highest BCUT2D eigenvalue weighted by molar-refractivity contribution is 5.92. The molecule has 0 bridgehead atoms. The molecule has 1 N–H and O–H groups in total. The van der Waals surface area contributed by atoms with E-state index in [1.807, 2.05) is 30.3 Å². The monoisotopic (exact) mass is 275 g/mol. The molecule has 1 saturated carbocycles. The third-order valence-corrected chi connectivity index (χ3v) is 4.10. The SMILES string of the molecule is O=C(O)C1C(C(=O)N2CCOCC2)[C@@H]1c1ccccc1. The van der Waals surface area contributed by atoms with Crippen LogP contribution in [-0.2, 0) is 14.3 Å². The van der Waals surface area contributed by atoms with Crippen LogP contribution in [0, 0.1) is 11.8 Å². The van der Waals surface area contributed by atoms with E-state index < -0.39 is 17.8 Å². The number of ether oxygens (including phenoxy) is 1. The van der Waals surface area contributed by atoms with Crippen molar-refractivity contribution in [3.63, 3.8) is 0 Å². The molecule has 5 nitrogen and oxygen atoms in total. The summed E-state index contributed by atoms with van der Waals surface area (Å²) in [5, 5.41) is 9.31. The van der Waals surface area contributed by atoms with Gasteiger partial charge in [0.25, 0.3) is 0 Å². The van der Waals surface area contributed by atoms with Crippen LogP contribution in [0.25, 0.3) is 0 Å². The molecule has 0 radical (unpaired) electrons. The number of carboxylic acids is 1. The normalized spacial score (nSPS) is 29.0. The van der Waals surface area contributed by atoms with Gasteiger partial charge in [-0.05, 0) is 5.56 Å². The first kappa shape index (κ1) is 13.1. The van der Waals surface area contributed by atoms with E-state index >= 15 is 0 Å². The van der Waals surface area contributed by atoms with Crippen LogP contribution in [0.4, 0.5) is 0 Å². The summed E-state index contributed by atoms with van der Waals surface area (Å²) in [7, 11) is 0. The van der Waals surface area contributed by atoms with Crippen molar-refractivity contribution in [3.05, 3.63) is 35.9 Å². The predicted molar refractivity (Wildman–Crippen MR) is 71.2 cm³/mol. The minimum absolute atomic E-state index is 0.0467. The van der Waals surface area contributed by atoms with Gasteiger partial charge in [0.2, 0.25) is 5.91 Å². The second-order valence-corrected chi connectivity index (χ2v) is 5.26. The second-order valence-electron chi connectivity index (χ2n) is 5.26. The first-order chi connectivity index (χ1) is 9.70. The lowest BCUT2D eigenvalue weighted by molar-refractivity contribution is -0.143. The van der Waals surface area contributed by atoms with Gasteiger partial charge < -0.3 is 14.7 Å². The smallest absolute Gasteiger partial charge is 0.307 e. The molecule has 3 rings (SSSR count). The number of benzene rings is 1. The highest BCUT2D eigenvalue weighted by Gasteiger charge is 2.60. The van der Waals surface area contributed by atoms with Crippen molar-refractivity contribution < 1.29 is 19.4 Å². The number of aliphatic carboxylic acids is 1. The number of rotatable bonds is 3. The van der Waals surface area contributed by atoms with Crippen LogP contribution in [0.5, 0.6) is 0 Å². The van der Waals surface area contributed by atoms with Gasteiger partial charge in [-0.3, -0.25) is 9.59 Å². The van der Waals surface area contributed by atoms with Crippen LogP contribution in [0.1, 0.15) is 11.5 Å². The highest BCUT2D eigenvalue weighted by Crippen LogP contribution is 2.55. The van der Waals surface area contributed by atoms with Crippen molar-refractivity contribution >= 4 is 11.9 Å². The van der Waals surface area contributed by atoms with Crippen LogP contribution in [0.2, 0.25) is 0 Å². The first-order valence-corrected chi connectivity index (χ1v) is 6.84. The standard InChI is InChI=1S/C15H17NO4/c17-14(16-6-8-20-9-7-16)12-11(13(12)15(18)19)10-4-2-1-3-5-10/h1-5,11-13H,6-9H2,(H,18,19)/t11-,12?,13?/m0/s1. The Morgan fingerprint density at radius 1 is 1.10 bits per heavy atom. The van der Waals surface area contributed by atoms with E-state index in [0.717, 1.165) is 5.56 Å². The molecule has 3 atom stereocenters. The quantitative estimate of drug-likeness (QED) is 0.892. The Balaban J connectivity index is 1.78. The van der Waals surface area contributed by atoms with Gasteiger partial charge in [0.1, 0.15) is 0 Å². The zero-order chi connectivity index (χ0) is 14.1. The van der Waals surface area contributed by atoms with Gasteiger partial charge in [0.05, 0.1) is 25.0 Å². The second kappa shape index (κ2) is 5.25. The van der Waals surface area contributed by atoms with E-state index in [9.17, 15) is 14.7 Å². The molecule has 1 amide bonds.